The lowest BCUT2D eigenvalue weighted by atomic mass is 9.97. The first-order valence-corrected chi connectivity index (χ1v) is 7.69. The zero-order chi connectivity index (χ0) is 13.1. The molecule has 0 aromatic heterocycles. The van der Waals surface area contributed by atoms with Crippen LogP contribution in [0.25, 0.3) is 0 Å². The van der Waals surface area contributed by atoms with E-state index in [1.807, 2.05) is 0 Å². The fraction of sp³-hybridized carbons (Fsp3) is 1.00. The smallest absolute Gasteiger partial charge is 0.0817 e. The van der Waals surface area contributed by atoms with Gasteiger partial charge in [0.15, 0.2) is 0 Å². The molecule has 2 rings (SSSR count). The second-order valence-electron chi connectivity index (χ2n) is 6.07. The Morgan fingerprint density at radius 2 is 1.89 bits per heavy atom. The molecule has 1 unspecified atom stereocenters. The third kappa shape index (κ3) is 2.89. The van der Waals surface area contributed by atoms with Crippen LogP contribution in [0.15, 0.2) is 0 Å². The lowest BCUT2D eigenvalue weighted by Gasteiger charge is -2.32. The number of hydrogen-bond acceptors (Lipinski definition) is 3. The Hall–Kier alpha value is -0.120. The quantitative estimate of drug-likeness (QED) is 0.793. The molecule has 1 aliphatic carbocycles. The standard InChI is InChI=1S/C15H29NO2/c1-3-14(4-2,12-16)17-11-13-7-10-15(18-13)8-5-6-9-15/h13H,3-12,16H2,1-2H3. The third-order valence-electron chi connectivity index (χ3n) is 5.09. The maximum Gasteiger partial charge on any atom is 0.0817 e. The molecule has 106 valence electrons. The van der Waals surface area contributed by atoms with Crippen molar-refractivity contribution in [2.75, 3.05) is 13.2 Å². The third-order valence-corrected chi connectivity index (χ3v) is 5.09. The van der Waals surface area contributed by atoms with Crippen molar-refractivity contribution in [3.8, 4) is 0 Å². The zero-order valence-electron chi connectivity index (χ0n) is 12.0. The molecule has 1 saturated carbocycles. The molecule has 1 atom stereocenters. The van der Waals surface area contributed by atoms with Crippen molar-refractivity contribution in [1.82, 2.24) is 0 Å². The van der Waals surface area contributed by atoms with Gasteiger partial charge in [0, 0.05) is 6.54 Å². The fourth-order valence-electron chi connectivity index (χ4n) is 3.47. The molecule has 0 amide bonds. The van der Waals surface area contributed by atoms with E-state index in [2.05, 4.69) is 13.8 Å². The van der Waals surface area contributed by atoms with Gasteiger partial charge < -0.3 is 15.2 Å². The van der Waals surface area contributed by atoms with Crippen LogP contribution in [0.5, 0.6) is 0 Å². The van der Waals surface area contributed by atoms with E-state index >= 15 is 0 Å². The summed E-state index contributed by atoms with van der Waals surface area (Å²) in [4.78, 5) is 0. The van der Waals surface area contributed by atoms with E-state index in [0.717, 1.165) is 25.9 Å². The molecule has 0 aromatic carbocycles. The normalized spacial score (nSPS) is 27.2. The van der Waals surface area contributed by atoms with Crippen molar-refractivity contribution in [2.24, 2.45) is 5.73 Å². The Balaban J connectivity index is 1.81. The van der Waals surface area contributed by atoms with E-state index in [1.54, 1.807) is 0 Å². The van der Waals surface area contributed by atoms with Crippen molar-refractivity contribution >= 4 is 0 Å². The molecule has 1 aliphatic heterocycles. The van der Waals surface area contributed by atoms with Crippen LogP contribution in [0.3, 0.4) is 0 Å². The molecule has 0 radical (unpaired) electrons. The second-order valence-corrected chi connectivity index (χ2v) is 6.07. The Labute approximate surface area is 111 Å². The molecule has 2 aliphatic rings. The van der Waals surface area contributed by atoms with Crippen LogP contribution in [0.1, 0.15) is 65.2 Å². The van der Waals surface area contributed by atoms with Gasteiger partial charge in [-0.05, 0) is 38.5 Å². The Morgan fingerprint density at radius 3 is 2.44 bits per heavy atom. The highest BCUT2D eigenvalue weighted by atomic mass is 16.6. The molecule has 1 heterocycles. The van der Waals surface area contributed by atoms with Gasteiger partial charge in [-0.3, -0.25) is 0 Å². The van der Waals surface area contributed by atoms with Gasteiger partial charge in [0.2, 0.25) is 0 Å². The highest BCUT2D eigenvalue weighted by Crippen LogP contribution is 2.43. The molecule has 2 N–H and O–H groups in total. The van der Waals surface area contributed by atoms with Gasteiger partial charge in [0.1, 0.15) is 0 Å². The molecule has 0 aromatic rings. The summed E-state index contributed by atoms with van der Waals surface area (Å²) in [6.07, 6.45) is 9.85. The Kier molecular flexibility index (Phi) is 4.68. The number of rotatable bonds is 6. The summed E-state index contributed by atoms with van der Waals surface area (Å²) in [5.41, 5.74) is 5.95. The summed E-state index contributed by atoms with van der Waals surface area (Å²) >= 11 is 0. The van der Waals surface area contributed by atoms with Gasteiger partial charge in [0.25, 0.3) is 0 Å². The van der Waals surface area contributed by atoms with Crippen molar-refractivity contribution in [1.29, 1.82) is 0 Å². The number of nitrogens with two attached hydrogens (primary N) is 1. The first-order valence-electron chi connectivity index (χ1n) is 7.69. The van der Waals surface area contributed by atoms with Crippen molar-refractivity contribution < 1.29 is 9.47 Å². The van der Waals surface area contributed by atoms with E-state index in [-0.39, 0.29) is 11.2 Å². The summed E-state index contributed by atoms with van der Waals surface area (Å²) < 4.78 is 12.4. The summed E-state index contributed by atoms with van der Waals surface area (Å²) in [5, 5.41) is 0. The summed E-state index contributed by atoms with van der Waals surface area (Å²) in [5.74, 6) is 0. The maximum absolute atomic E-state index is 6.27. The molecular formula is C15H29NO2. The summed E-state index contributed by atoms with van der Waals surface area (Å²) in [7, 11) is 0. The summed E-state index contributed by atoms with van der Waals surface area (Å²) in [6, 6.07) is 0. The highest BCUT2D eigenvalue weighted by Gasteiger charge is 2.42. The average Bonchev–Trinajstić information content (AvgIpc) is 3.03. The van der Waals surface area contributed by atoms with Gasteiger partial charge in [-0.2, -0.15) is 0 Å². The van der Waals surface area contributed by atoms with Crippen LogP contribution in [0.4, 0.5) is 0 Å². The van der Waals surface area contributed by atoms with E-state index in [0.29, 0.717) is 12.6 Å². The maximum atomic E-state index is 6.27. The Morgan fingerprint density at radius 1 is 1.22 bits per heavy atom. The van der Waals surface area contributed by atoms with Gasteiger partial charge in [-0.25, -0.2) is 0 Å². The molecule has 1 saturated heterocycles. The SMILES string of the molecule is CCC(CC)(CN)OCC1CCC2(CCCC2)O1. The predicted molar refractivity (Wildman–Crippen MR) is 73.6 cm³/mol. The van der Waals surface area contributed by atoms with Crippen LogP contribution in [-0.4, -0.2) is 30.5 Å². The lowest BCUT2D eigenvalue weighted by Crippen LogP contribution is -2.41. The van der Waals surface area contributed by atoms with Gasteiger partial charge in [-0.1, -0.05) is 26.7 Å². The van der Waals surface area contributed by atoms with E-state index in [9.17, 15) is 0 Å². The largest absolute Gasteiger partial charge is 0.371 e. The molecule has 1 spiro atoms. The van der Waals surface area contributed by atoms with Gasteiger partial charge in [-0.15, -0.1) is 0 Å². The van der Waals surface area contributed by atoms with Crippen LogP contribution < -0.4 is 5.73 Å². The lowest BCUT2D eigenvalue weighted by molar-refractivity contribution is -0.114. The van der Waals surface area contributed by atoms with Gasteiger partial charge >= 0.3 is 0 Å². The van der Waals surface area contributed by atoms with E-state index in [1.165, 1.54) is 32.1 Å². The van der Waals surface area contributed by atoms with E-state index in [4.69, 9.17) is 15.2 Å². The number of hydrogen-bond donors (Lipinski definition) is 1. The predicted octanol–water partition coefficient (Wildman–Crippen LogP) is 3.01. The average molecular weight is 255 g/mol. The molecule has 3 nitrogen and oxygen atoms in total. The van der Waals surface area contributed by atoms with Crippen LogP contribution >= 0.6 is 0 Å². The molecule has 0 bridgehead atoms. The van der Waals surface area contributed by atoms with Crippen molar-refractivity contribution in [2.45, 2.75) is 82.5 Å². The minimum atomic E-state index is -0.130. The summed E-state index contributed by atoms with van der Waals surface area (Å²) in [6.45, 7) is 5.65. The van der Waals surface area contributed by atoms with Crippen LogP contribution in [-0.2, 0) is 9.47 Å². The fourth-order valence-corrected chi connectivity index (χ4v) is 3.47. The van der Waals surface area contributed by atoms with Gasteiger partial charge in [0.05, 0.1) is 23.9 Å². The Bertz CT molecular complexity index is 249. The van der Waals surface area contributed by atoms with Crippen LogP contribution in [0, 0.1) is 0 Å². The number of ether oxygens (including phenoxy) is 2. The molecule has 3 heteroatoms. The monoisotopic (exact) mass is 255 g/mol. The molecule has 18 heavy (non-hydrogen) atoms. The minimum Gasteiger partial charge on any atom is -0.371 e. The van der Waals surface area contributed by atoms with Crippen molar-refractivity contribution in [3.63, 3.8) is 0 Å². The van der Waals surface area contributed by atoms with Crippen LogP contribution in [0.2, 0.25) is 0 Å². The van der Waals surface area contributed by atoms with Crippen molar-refractivity contribution in [3.05, 3.63) is 0 Å². The topological polar surface area (TPSA) is 44.5 Å². The molecular weight excluding hydrogens is 226 g/mol. The first kappa shape index (κ1) is 14.3. The first-order chi connectivity index (χ1) is 8.67. The molecule has 2 fully saturated rings. The highest BCUT2D eigenvalue weighted by molar-refractivity contribution is 4.93. The minimum absolute atomic E-state index is 0.130. The van der Waals surface area contributed by atoms with E-state index < -0.39 is 0 Å². The zero-order valence-corrected chi connectivity index (χ0v) is 12.0. The second kappa shape index (κ2) is 5.89.